The van der Waals surface area contributed by atoms with E-state index in [1.54, 1.807) is 0 Å². The minimum Gasteiger partial charge on any atom is -0.309 e. The van der Waals surface area contributed by atoms with Crippen LogP contribution < -0.4 is 0 Å². The molecule has 11 aromatic carbocycles. The molecule has 1 aliphatic rings. The fourth-order valence-electron chi connectivity index (χ4n) is 10.9. The molecule has 2 aromatic heterocycles. The summed E-state index contributed by atoms with van der Waals surface area (Å²) in [4.78, 5) is 0. The van der Waals surface area contributed by atoms with Crippen LogP contribution in [0.2, 0.25) is 0 Å². The predicted molar refractivity (Wildman–Crippen MR) is 271 cm³/mol. The highest BCUT2D eigenvalue weighted by Crippen LogP contribution is 2.48. The van der Waals surface area contributed by atoms with Gasteiger partial charge in [-0.25, -0.2) is 0 Å². The van der Waals surface area contributed by atoms with Gasteiger partial charge in [-0.3, -0.25) is 0 Å². The van der Waals surface area contributed by atoms with Crippen molar-refractivity contribution in [1.82, 2.24) is 9.13 Å². The van der Waals surface area contributed by atoms with Crippen molar-refractivity contribution < 1.29 is 0 Å². The number of aromatic nitrogens is 2. The predicted octanol–water partition coefficient (Wildman–Crippen LogP) is 16.8. The summed E-state index contributed by atoms with van der Waals surface area (Å²) in [6.07, 6.45) is 0. The summed E-state index contributed by atoms with van der Waals surface area (Å²) in [5.74, 6) is 0. The smallest absolute Gasteiger partial charge is 0.0619 e. The van der Waals surface area contributed by atoms with E-state index in [1.165, 1.54) is 121 Å². The molecular formula is C62H38N2. The molecule has 0 saturated heterocycles. The largest absolute Gasteiger partial charge is 0.309 e. The highest BCUT2D eigenvalue weighted by molar-refractivity contribution is 6.19. The van der Waals surface area contributed by atoms with Gasteiger partial charge in [-0.15, -0.1) is 0 Å². The van der Waals surface area contributed by atoms with Crippen LogP contribution in [0.15, 0.2) is 231 Å². The minimum atomic E-state index is 1.14. The maximum Gasteiger partial charge on any atom is 0.0619 e. The van der Waals surface area contributed by atoms with Gasteiger partial charge >= 0.3 is 0 Å². The molecule has 13 aromatic rings. The Balaban J connectivity index is 0.893. The normalized spacial score (nSPS) is 12.1. The van der Waals surface area contributed by atoms with E-state index < -0.39 is 0 Å². The number of fused-ring (bicyclic) bond motifs is 11. The zero-order valence-electron chi connectivity index (χ0n) is 34.8. The van der Waals surface area contributed by atoms with Crippen molar-refractivity contribution in [3.05, 3.63) is 231 Å². The van der Waals surface area contributed by atoms with Crippen molar-refractivity contribution in [2.24, 2.45) is 0 Å². The average Bonchev–Trinajstić information content (AvgIpc) is 4.00. The lowest BCUT2D eigenvalue weighted by Crippen LogP contribution is -1.95. The zero-order chi connectivity index (χ0) is 41.9. The quantitative estimate of drug-likeness (QED) is 0.164. The lowest BCUT2D eigenvalue weighted by atomic mass is 9.95. The number of benzene rings is 11. The van der Waals surface area contributed by atoms with Crippen LogP contribution >= 0.6 is 0 Å². The molecule has 2 heteroatoms. The number of nitrogens with zero attached hydrogens (tertiary/aromatic N) is 2. The molecule has 2 nitrogen and oxygen atoms in total. The fourth-order valence-corrected chi connectivity index (χ4v) is 10.9. The van der Waals surface area contributed by atoms with Crippen LogP contribution in [0, 0.1) is 0 Å². The van der Waals surface area contributed by atoms with E-state index in [1.807, 2.05) is 0 Å². The Morgan fingerprint density at radius 1 is 0.234 bits per heavy atom. The Hall–Kier alpha value is -8.46. The van der Waals surface area contributed by atoms with Gasteiger partial charge in [0.25, 0.3) is 0 Å². The molecule has 0 bridgehead atoms. The Bertz CT molecular complexity index is 4060. The molecule has 0 atom stereocenters. The molecule has 296 valence electrons. The summed E-state index contributed by atoms with van der Waals surface area (Å²) >= 11 is 0. The Kier molecular flexibility index (Phi) is 7.43. The second-order valence-corrected chi connectivity index (χ2v) is 17.3. The third-order valence-electron chi connectivity index (χ3n) is 13.8. The molecule has 1 aliphatic carbocycles. The van der Waals surface area contributed by atoms with E-state index in [2.05, 4.69) is 240 Å². The number of rotatable bonds is 5. The SMILES string of the molecule is c1ccc(-n2c3cc(-c4ccc5c6ccccc6n(-c6cccc(-c7cccc(-c8ccc9c(c8)-c8cccc%10cccc-9c8%10)c7)c6)c5c4)ccc3c3ccc4ccccc4c32)cc1. The van der Waals surface area contributed by atoms with Crippen LogP contribution in [0.3, 0.4) is 0 Å². The number of hydrogen-bond donors (Lipinski definition) is 0. The highest BCUT2D eigenvalue weighted by atomic mass is 15.0. The van der Waals surface area contributed by atoms with E-state index in [9.17, 15) is 0 Å². The van der Waals surface area contributed by atoms with E-state index in [-0.39, 0.29) is 0 Å². The van der Waals surface area contributed by atoms with Gasteiger partial charge in [-0.2, -0.15) is 0 Å². The molecule has 0 amide bonds. The molecule has 2 heterocycles. The van der Waals surface area contributed by atoms with Crippen LogP contribution in [0.4, 0.5) is 0 Å². The van der Waals surface area contributed by atoms with Gasteiger partial charge in [0.05, 0.1) is 22.1 Å². The molecule has 0 saturated carbocycles. The van der Waals surface area contributed by atoms with Gasteiger partial charge < -0.3 is 9.13 Å². The second-order valence-electron chi connectivity index (χ2n) is 17.3. The van der Waals surface area contributed by atoms with E-state index >= 15 is 0 Å². The molecule has 0 fully saturated rings. The van der Waals surface area contributed by atoms with Crippen LogP contribution in [0.25, 0.3) is 132 Å². The standard InChI is InChI=1S/C62H38N2/c1-2-18-47(19-3-1)64-60-38-46(29-32-53(60)56-33-26-39-12-4-5-21-49(39)62(56)64)45-28-31-52-51-22-6-7-25-58(51)63(59(52)37-45)48-20-9-17-43(35-48)41-15-8-16-42(34-41)44-27-30-50-54-23-10-13-40-14-11-24-55(61(40)54)57(50)36-44/h1-38H. The first-order valence-corrected chi connectivity index (χ1v) is 22.2. The second kappa shape index (κ2) is 13.5. The lowest BCUT2D eigenvalue weighted by Gasteiger charge is -2.13. The van der Waals surface area contributed by atoms with E-state index in [4.69, 9.17) is 0 Å². The van der Waals surface area contributed by atoms with Crippen molar-refractivity contribution in [1.29, 1.82) is 0 Å². The average molecular weight is 811 g/mol. The van der Waals surface area contributed by atoms with Gasteiger partial charge in [0.2, 0.25) is 0 Å². The van der Waals surface area contributed by atoms with Gasteiger partial charge in [-0.1, -0.05) is 176 Å². The van der Waals surface area contributed by atoms with Crippen LogP contribution in [-0.2, 0) is 0 Å². The van der Waals surface area contributed by atoms with E-state index in [0.29, 0.717) is 0 Å². The summed E-state index contributed by atoms with van der Waals surface area (Å²) in [5, 5.41) is 10.2. The van der Waals surface area contributed by atoms with Crippen molar-refractivity contribution in [2.45, 2.75) is 0 Å². The monoisotopic (exact) mass is 810 g/mol. The van der Waals surface area contributed by atoms with Crippen molar-refractivity contribution in [3.63, 3.8) is 0 Å². The summed E-state index contributed by atoms with van der Waals surface area (Å²) < 4.78 is 4.90. The minimum absolute atomic E-state index is 1.14. The Morgan fingerprint density at radius 2 is 0.766 bits per heavy atom. The van der Waals surface area contributed by atoms with Crippen molar-refractivity contribution in [3.8, 4) is 67.0 Å². The Labute approximate surface area is 370 Å². The third-order valence-corrected chi connectivity index (χ3v) is 13.8. The Morgan fingerprint density at radius 3 is 1.56 bits per heavy atom. The molecule has 64 heavy (non-hydrogen) atoms. The van der Waals surface area contributed by atoms with Gasteiger partial charge in [0, 0.05) is 38.3 Å². The van der Waals surface area contributed by atoms with Crippen LogP contribution in [-0.4, -0.2) is 9.13 Å². The lowest BCUT2D eigenvalue weighted by molar-refractivity contribution is 1.18. The van der Waals surface area contributed by atoms with Crippen LogP contribution in [0.5, 0.6) is 0 Å². The number of para-hydroxylation sites is 2. The maximum atomic E-state index is 2.45. The summed E-state index contributed by atoms with van der Waals surface area (Å²) in [6.45, 7) is 0. The molecule has 0 aliphatic heterocycles. The first-order valence-electron chi connectivity index (χ1n) is 22.2. The van der Waals surface area contributed by atoms with Gasteiger partial charge in [0.1, 0.15) is 0 Å². The summed E-state index contributed by atoms with van der Waals surface area (Å²) in [6, 6.07) is 85.3. The third kappa shape index (κ3) is 5.14. The molecule has 0 unspecified atom stereocenters. The van der Waals surface area contributed by atoms with Crippen molar-refractivity contribution >= 4 is 65.2 Å². The summed E-state index contributed by atoms with van der Waals surface area (Å²) in [5.41, 5.74) is 19.6. The zero-order valence-corrected chi connectivity index (χ0v) is 34.8. The maximum absolute atomic E-state index is 2.45. The van der Waals surface area contributed by atoms with Crippen molar-refractivity contribution in [2.75, 3.05) is 0 Å². The topological polar surface area (TPSA) is 9.86 Å². The molecular weight excluding hydrogens is 773 g/mol. The fraction of sp³-hybridized carbons (Fsp3) is 0. The summed E-state index contributed by atoms with van der Waals surface area (Å²) in [7, 11) is 0. The molecule has 14 rings (SSSR count). The number of hydrogen-bond acceptors (Lipinski definition) is 0. The first kappa shape index (κ1) is 35.2. The first-order chi connectivity index (χ1) is 31.7. The molecule has 0 spiro atoms. The van der Waals surface area contributed by atoms with Gasteiger partial charge in [-0.05, 0) is 126 Å². The molecule has 0 N–H and O–H groups in total. The van der Waals surface area contributed by atoms with Crippen LogP contribution in [0.1, 0.15) is 0 Å². The molecule has 0 radical (unpaired) electrons. The van der Waals surface area contributed by atoms with E-state index in [0.717, 1.165) is 11.4 Å². The van der Waals surface area contributed by atoms with Gasteiger partial charge in [0.15, 0.2) is 0 Å². The highest BCUT2D eigenvalue weighted by Gasteiger charge is 2.22.